The van der Waals surface area contributed by atoms with Gasteiger partial charge in [-0.15, -0.1) is 0 Å². The minimum absolute atomic E-state index is 0.0535. The van der Waals surface area contributed by atoms with Gasteiger partial charge in [0.25, 0.3) is 5.91 Å². The summed E-state index contributed by atoms with van der Waals surface area (Å²) in [6.45, 7) is 0.836. The molecule has 27 heavy (non-hydrogen) atoms. The van der Waals surface area contributed by atoms with Crippen LogP contribution in [-0.4, -0.2) is 40.2 Å². The van der Waals surface area contributed by atoms with Gasteiger partial charge >= 0.3 is 0 Å². The lowest BCUT2D eigenvalue weighted by Crippen LogP contribution is -2.36. The number of halogens is 1. The van der Waals surface area contributed by atoms with Crippen molar-refractivity contribution < 1.29 is 9.90 Å². The summed E-state index contributed by atoms with van der Waals surface area (Å²) in [5.41, 5.74) is 3.80. The zero-order valence-electron chi connectivity index (χ0n) is 15.3. The Hall–Kier alpha value is -2.37. The van der Waals surface area contributed by atoms with E-state index in [2.05, 4.69) is 28.1 Å². The maximum atomic E-state index is 13.1. The fourth-order valence-corrected chi connectivity index (χ4v) is 3.66. The number of carbonyl (C=O) groups excluding carboxylic acids is 1. The van der Waals surface area contributed by atoms with Crippen LogP contribution in [0, 0.1) is 0 Å². The first-order valence-electron chi connectivity index (χ1n) is 8.96. The number of benzene rings is 2. The number of hydrogen-bond acceptors (Lipinski definition) is 2. The maximum absolute atomic E-state index is 13.1. The molecule has 2 aromatic carbocycles. The summed E-state index contributed by atoms with van der Waals surface area (Å²) in [4.78, 5) is 14.8. The van der Waals surface area contributed by atoms with Gasteiger partial charge in [0, 0.05) is 35.9 Å². The molecule has 0 aliphatic rings. The van der Waals surface area contributed by atoms with Crippen molar-refractivity contribution in [2.24, 2.45) is 7.05 Å². The lowest BCUT2D eigenvalue weighted by Gasteiger charge is -2.22. The number of carbonyl (C=O) groups is 1. The number of amides is 1. The van der Waals surface area contributed by atoms with Crippen LogP contribution in [0.15, 0.2) is 71.2 Å². The molecule has 1 heterocycles. The molecule has 4 nitrogen and oxygen atoms in total. The highest BCUT2D eigenvalue weighted by Crippen LogP contribution is 2.29. The van der Waals surface area contributed by atoms with Crippen molar-refractivity contribution in [3.8, 4) is 11.3 Å². The molecule has 1 aromatic heterocycles. The Morgan fingerprint density at radius 2 is 1.70 bits per heavy atom. The Kier molecular flexibility index (Phi) is 6.48. The molecule has 0 atom stereocenters. The highest BCUT2D eigenvalue weighted by Gasteiger charge is 2.20. The minimum Gasteiger partial charge on any atom is -0.395 e. The molecule has 0 radical (unpaired) electrons. The fraction of sp³-hybridized carbons (Fsp3) is 0.227. The summed E-state index contributed by atoms with van der Waals surface area (Å²) in [6.07, 6.45) is 0.758. The first kappa shape index (κ1) is 19.4. The molecule has 5 heteroatoms. The van der Waals surface area contributed by atoms with E-state index in [0.717, 1.165) is 22.2 Å². The number of rotatable bonds is 7. The number of hydrogen-bond donors (Lipinski definition) is 1. The second-order valence-corrected chi connectivity index (χ2v) is 7.25. The van der Waals surface area contributed by atoms with E-state index in [9.17, 15) is 9.90 Å². The van der Waals surface area contributed by atoms with Crippen LogP contribution >= 0.6 is 15.9 Å². The van der Waals surface area contributed by atoms with E-state index < -0.39 is 0 Å². The lowest BCUT2D eigenvalue weighted by molar-refractivity contribution is 0.0714. The summed E-state index contributed by atoms with van der Waals surface area (Å²) in [7, 11) is 1.90. The van der Waals surface area contributed by atoms with Crippen LogP contribution < -0.4 is 0 Å². The first-order valence-corrected chi connectivity index (χ1v) is 9.76. The van der Waals surface area contributed by atoms with Crippen LogP contribution in [-0.2, 0) is 13.5 Å². The summed E-state index contributed by atoms with van der Waals surface area (Å²) >= 11 is 3.58. The van der Waals surface area contributed by atoms with Crippen molar-refractivity contribution in [3.63, 3.8) is 0 Å². The molecule has 1 N–H and O–H groups in total. The van der Waals surface area contributed by atoms with Crippen molar-refractivity contribution in [1.82, 2.24) is 9.47 Å². The molecule has 0 spiro atoms. The molecular formula is C22H23BrN2O2. The Morgan fingerprint density at radius 1 is 1.00 bits per heavy atom. The van der Waals surface area contributed by atoms with E-state index in [1.54, 1.807) is 4.90 Å². The second-order valence-electron chi connectivity index (χ2n) is 6.39. The predicted molar refractivity (Wildman–Crippen MR) is 112 cm³/mol. The van der Waals surface area contributed by atoms with Crippen LogP contribution in [0.2, 0.25) is 0 Å². The standard InChI is InChI=1S/C22H23BrN2O2/c1-24-20(18-9-5-6-10-19(18)23)11-12-21(24)22(27)25(15-16-26)14-13-17-7-3-2-4-8-17/h2-12,26H,13-16H2,1H3. The van der Waals surface area contributed by atoms with Gasteiger partial charge in [-0.1, -0.05) is 64.5 Å². The van der Waals surface area contributed by atoms with Crippen LogP contribution in [0.4, 0.5) is 0 Å². The zero-order chi connectivity index (χ0) is 19.2. The van der Waals surface area contributed by atoms with Gasteiger partial charge in [0.1, 0.15) is 5.69 Å². The van der Waals surface area contributed by atoms with Gasteiger partial charge < -0.3 is 14.6 Å². The molecule has 140 valence electrons. The van der Waals surface area contributed by atoms with E-state index in [1.807, 2.05) is 66.2 Å². The van der Waals surface area contributed by atoms with Crippen molar-refractivity contribution in [1.29, 1.82) is 0 Å². The molecule has 3 rings (SSSR count). The molecule has 0 aliphatic heterocycles. The second kappa shape index (κ2) is 9.02. The molecule has 0 unspecified atom stereocenters. The Balaban J connectivity index is 1.81. The Morgan fingerprint density at radius 3 is 2.41 bits per heavy atom. The zero-order valence-corrected chi connectivity index (χ0v) is 16.9. The number of nitrogens with zero attached hydrogens (tertiary/aromatic N) is 2. The fourth-order valence-electron chi connectivity index (χ4n) is 3.17. The van der Waals surface area contributed by atoms with E-state index in [4.69, 9.17) is 0 Å². The third-order valence-corrected chi connectivity index (χ3v) is 5.35. The average molecular weight is 427 g/mol. The molecule has 0 bridgehead atoms. The SMILES string of the molecule is Cn1c(C(=O)N(CCO)CCc2ccccc2)ccc1-c1ccccc1Br. The Bertz CT molecular complexity index is 906. The molecule has 1 amide bonds. The predicted octanol–water partition coefficient (Wildman–Crippen LogP) is 4.13. The molecular weight excluding hydrogens is 404 g/mol. The normalized spacial score (nSPS) is 10.8. The summed E-state index contributed by atoms with van der Waals surface area (Å²) in [5, 5.41) is 9.41. The average Bonchev–Trinajstić information content (AvgIpc) is 3.07. The molecule has 0 fully saturated rings. The smallest absolute Gasteiger partial charge is 0.270 e. The topological polar surface area (TPSA) is 45.5 Å². The first-order chi connectivity index (χ1) is 13.1. The third kappa shape index (κ3) is 4.49. The van der Waals surface area contributed by atoms with Gasteiger partial charge in [-0.2, -0.15) is 0 Å². The van der Waals surface area contributed by atoms with Crippen LogP contribution in [0.1, 0.15) is 16.1 Å². The third-order valence-electron chi connectivity index (χ3n) is 4.66. The molecule has 0 aliphatic carbocycles. The van der Waals surface area contributed by atoms with Gasteiger partial charge in [-0.3, -0.25) is 4.79 Å². The van der Waals surface area contributed by atoms with E-state index in [-0.39, 0.29) is 12.5 Å². The minimum atomic E-state index is -0.0687. The lowest BCUT2D eigenvalue weighted by atomic mass is 10.1. The monoisotopic (exact) mass is 426 g/mol. The van der Waals surface area contributed by atoms with Gasteiger partial charge in [0.05, 0.1) is 6.61 Å². The van der Waals surface area contributed by atoms with Gasteiger partial charge in [-0.25, -0.2) is 0 Å². The summed E-state index contributed by atoms with van der Waals surface area (Å²) in [6, 6.07) is 21.8. The summed E-state index contributed by atoms with van der Waals surface area (Å²) in [5.74, 6) is -0.0687. The molecule has 0 saturated carbocycles. The number of aliphatic hydroxyl groups is 1. The van der Waals surface area contributed by atoms with Crippen molar-refractivity contribution in [2.75, 3.05) is 19.7 Å². The number of aromatic nitrogens is 1. The van der Waals surface area contributed by atoms with E-state index in [0.29, 0.717) is 18.8 Å². The van der Waals surface area contributed by atoms with Gasteiger partial charge in [0.2, 0.25) is 0 Å². The van der Waals surface area contributed by atoms with Gasteiger partial charge in [-0.05, 0) is 30.2 Å². The van der Waals surface area contributed by atoms with Crippen LogP contribution in [0.5, 0.6) is 0 Å². The highest BCUT2D eigenvalue weighted by atomic mass is 79.9. The van der Waals surface area contributed by atoms with Crippen molar-refractivity contribution in [2.45, 2.75) is 6.42 Å². The molecule has 3 aromatic rings. The highest BCUT2D eigenvalue weighted by molar-refractivity contribution is 9.10. The van der Waals surface area contributed by atoms with E-state index >= 15 is 0 Å². The van der Waals surface area contributed by atoms with Crippen molar-refractivity contribution >= 4 is 21.8 Å². The maximum Gasteiger partial charge on any atom is 0.270 e. The Labute approximate surface area is 168 Å². The quantitative estimate of drug-likeness (QED) is 0.616. The molecule has 0 saturated heterocycles. The van der Waals surface area contributed by atoms with Gasteiger partial charge in [0.15, 0.2) is 0 Å². The van der Waals surface area contributed by atoms with Crippen LogP contribution in [0.25, 0.3) is 11.3 Å². The van der Waals surface area contributed by atoms with E-state index in [1.165, 1.54) is 5.56 Å². The van der Waals surface area contributed by atoms with Crippen LogP contribution in [0.3, 0.4) is 0 Å². The summed E-state index contributed by atoms with van der Waals surface area (Å²) < 4.78 is 2.90. The largest absolute Gasteiger partial charge is 0.395 e. The van der Waals surface area contributed by atoms with Crippen molar-refractivity contribution in [3.05, 3.63) is 82.5 Å². The number of aliphatic hydroxyl groups excluding tert-OH is 1.